The molecule has 0 radical (unpaired) electrons. The predicted octanol–water partition coefficient (Wildman–Crippen LogP) is 2.38. The maximum atomic E-state index is 10.2. The number of nitrogens with zero attached hydrogens (tertiary/aromatic N) is 3. The molecule has 2 atom stereocenters. The Morgan fingerprint density at radius 3 is 2.96 bits per heavy atom. The van der Waals surface area contributed by atoms with Crippen LogP contribution in [0, 0.1) is 6.92 Å². The number of morpholine rings is 1. The van der Waals surface area contributed by atoms with Crippen molar-refractivity contribution in [3.63, 3.8) is 0 Å². The molecule has 0 amide bonds. The first kappa shape index (κ1) is 16.6. The molecule has 2 aliphatic rings. The summed E-state index contributed by atoms with van der Waals surface area (Å²) in [6, 6.07) is 7.49. The van der Waals surface area contributed by atoms with E-state index < -0.39 is 0 Å². The number of phenolic OH excluding ortho intramolecular Hbond substituents is 1. The van der Waals surface area contributed by atoms with E-state index in [1.54, 1.807) is 0 Å². The maximum Gasteiger partial charge on any atom is 0.151 e. The molecule has 25 heavy (non-hydrogen) atoms. The van der Waals surface area contributed by atoms with Crippen LogP contribution < -0.4 is 10.2 Å². The molecule has 2 fully saturated rings. The van der Waals surface area contributed by atoms with Crippen molar-refractivity contribution in [2.75, 3.05) is 31.1 Å². The minimum absolute atomic E-state index is 0.120. The molecule has 6 nitrogen and oxygen atoms in total. The van der Waals surface area contributed by atoms with E-state index in [2.05, 4.69) is 20.4 Å². The number of ether oxygens (including phenoxy) is 1. The van der Waals surface area contributed by atoms with Crippen LogP contribution in [0.5, 0.6) is 5.75 Å². The quantitative estimate of drug-likeness (QED) is 0.856. The van der Waals surface area contributed by atoms with Crippen molar-refractivity contribution in [2.45, 2.75) is 25.5 Å². The van der Waals surface area contributed by atoms with E-state index in [4.69, 9.17) is 16.3 Å². The van der Waals surface area contributed by atoms with E-state index in [9.17, 15) is 5.11 Å². The minimum Gasteiger partial charge on any atom is -0.507 e. The molecule has 1 aromatic carbocycles. The largest absolute Gasteiger partial charge is 0.507 e. The first-order valence-corrected chi connectivity index (χ1v) is 8.93. The highest BCUT2D eigenvalue weighted by Crippen LogP contribution is 2.34. The van der Waals surface area contributed by atoms with Crippen LogP contribution in [0.25, 0.3) is 11.3 Å². The third kappa shape index (κ3) is 3.17. The van der Waals surface area contributed by atoms with E-state index in [-0.39, 0.29) is 17.9 Å². The number of anilines is 1. The summed E-state index contributed by atoms with van der Waals surface area (Å²) in [5, 5.41) is 22.9. The summed E-state index contributed by atoms with van der Waals surface area (Å²) in [5.74, 6) is 0.965. The third-order valence-electron chi connectivity index (χ3n) is 4.93. The van der Waals surface area contributed by atoms with Crippen LogP contribution in [0.2, 0.25) is 5.02 Å². The van der Waals surface area contributed by atoms with Gasteiger partial charge in [0.1, 0.15) is 5.75 Å². The topological polar surface area (TPSA) is 70.5 Å². The first-order chi connectivity index (χ1) is 12.1. The summed E-state index contributed by atoms with van der Waals surface area (Å²) in [6.45, 7) is 5.31. The van der Waals surface area contributed by atoms with Crippen molar-refractivity contribution in [3.8, 4) is 17.0 Å². The third-order valence-corrected chi connectivity index (χ3v) is 5.15. The van der Waals surface area contributed by atoms with Gasteiger partial charge in [0.25, 0.3) is 0 Å². The number of aromatic hydroxyl groups is 1. The summed E-state index contributed by atoms with van der Waals surface area (Å²) in [6.07, 6.45) is 1.27. The molecular weight excluding hydrogens is 340 g/mol. The number of benzene rings is 1. The van der Waals surface area contributed by atoms with Crippen LogP contribution in [0.3, 0.4) is 0 Å². The van der Waals surface area contributed by atoms with E-state index in [1.165, 1.54) is 6.07 Å². The van der Waals surface area contributed by atoms with Gasteiger partial charge in [0.15, 0.2) is 5.82 Å². The van der Waals surface area contributed by atoms with Crippen molar-refractivity contribution in [1.82, 2.24) is 15.5 Å². The standard InChI is InChI=1S/C18H21ClN4O2/c1-11-8-12(19)9-15(24)18(11)13-2-3-17(22-21-13)23-6-7-25-16-4-5-20-10-14(16)23/h2-3,8-9,14,16,20,24H,4-7,10H2,1H3/t14-,16+/m0/s1. The number of aromatic nitrogens is 2. The van der Waals surface area contributed by atoms with E-state index in [0.29, 0.717) is 22.9 Å². The molecule has 2 aliphatic heterocycles. The summed E-state index contributed by atoms with van der Waals surface area (Å²) in [5.41, 5.74) is 2.18. The van der Waals surface area contributed by atoms with Gasteiger partial charge >= 0.3 is 0 Å². The fraction of sp³-hybridized carbons (Fsp3) is 0.444. The molecule has 0 aliphatic carbocycles. The average Bonchev–Trinajstić information content (AvgIpc) is 2.61. The molecular formula is C18H21ClN4O2. The Hall–Kier alpha value is -1.89. The summed E-state index contributed by atoms with van der Waals surface area (Å²) >= 11 is 5.98. The highest BCUT2D eigenvalue weighted by atomic mass is 35.5. The second-order valence-corrected chi connectivity index (χ2v) is 6.99. The summed E-state index contributed by atoms with van der Waals surface area (Å²) < 4.78 is 5.89. The Kier molecular flexibility index (Phi) is 4.50. The molecule has 4 rings (SSSR count). The van der Waals surface area contributed by atoms with Gasteiger partial charge in [-0.15, -0.1) is 10.2 Å². The fourth-order valence-corrected chi connectivity index (χ4v) is 4.01. The predicted molar refractivity (Wildman–Crippen MR) is 97.2 cm³/mol. The molecule has 0 bridgehead atoms. The molecule has 1 aromatic heterocycles. The monoisotopic (exact) mass is 360 g/mol. The van der Waals surface area contributed by atoms with Gasteiger partial charge in [0.05, 0.1) is 24.4 Å². The van der Waals surface area contributed by atoms with Crippen LogP contribution in [-0.4, -0.2) is 53.7 Å². The van der Waals surface area contributed by atoms with Gasteiger partial charge in [-0.3, -0.25) is 0 Å². The zero-order valence-electron chi connectivity index (χ0n) is 14.1. The molecule has 0 saturated carbocycles. The minimum atomic E-state index is 0.120. The van der Waals surface area contributed by atoms with Crippen LogP contribution in [0.4, 0.5) is 5.82 Å². The Labute approximate surface area is 151 Å². The van der Waals surface area contributed by atoms with Crippen LogP contribution >= 0.6 is 11.6 Å². The second-order valence-electron chi connectivity index (χ2n) is 6.56. The molecule has 3 heterocycles. The van der Waals surface area contributed by atoms with Crippen LogP contribution in [0.15, 0.2) is 24.3 Å². The maximum absolute atomic E-state index is 10.2. The number of phenols is 1. The molecule has 0 spiro atoms. The van der Waals surface area contributed by atoms with Gasteiger partial charge in [0, 0.05) is 23.7 Å². The normalized spacial score (nSPS) is 23.4. The zero-order chi connectivity index (χ0) is 17.4. The number of rotatable bonds is 2. The lowest BCUT2D eigenvalue weighted by Crippen LogP contribution is -2.59. The van der Waals surface area contributed by atoms with Crippen molar-refractivity contribution in [2.24, 2.45) is 0 Å². The first-order valence-electron chi connectivity index (χ1n) is 8.55. The van der Waals surface area contributed by atoms with Gasteiger partial charge in [0.2, 0.25) is 0 Å². The fourth-order valence-electron chi connectivity index (χ4n) is 3.75. The van der Waals surface area contributed by atoms with Crippen molar-refractivity contribution >= 4 is 17.4 Å². The molecule has 2 aromatic rings. The van der Waals surface area contributed by atoms with Crippen LogP contribution in [0.1, 0.15) is 12.0 Å². The number of aryl methyl sites for hydroxylation is 1. The van der Waals surface area contributed by atoms with Crippen LogP contribution in [-0.2, 0) is 4.74 Å². The van der Waals surface area contributed by atoms with E-state index >= 15 is 0 Å². The smallest absolute Gasteiger partial charge is 0.151 e. The SMILES string of the molecule is Cc1cc(Cl)cc(O)c1-c1ccc(N2CCO[C@@H]3CCNC[C@@H]32)nn1. The number of nitrogens with one attached hydrogen (secondary N) is 1. The average molecular weight is 361 g/mol. The van der Waals surface area contributed by atoms with Gasteiger partial charge < -0.3 is 20.1 Å². The highest BCUT2D eigenvalue weighted by molar-refractivity contribution is 6.31. The lowest BCUT2D eigenvalue weighted by atomic mass is 10.0. The molecule has 2 N–H and O–H groups in total. The van der Waals surface area contributed by atoms with Gasteiger partial charge in [-0.25, -0.2) is 0 Å². The van der Waals surface area contributed by atoms with E-state index in [0.717, 1.165) is 37.4 Å². The molecule has 7 heteroatoms. The summed E-state index contributed by atoms with van der Waals surface area (Å²) in [7, 11) is 0. The van der Waals surface area contributed by atoms with E-state index in [1.807, 2.05) is 25.1 Å². The van der Waals surface area contributed by atoms with Gasteiger partial charge in [-0.05, 0) is 49.7 Å². The van der Waals surface area contributed by atoms with Crippen molar-refractivity contribution in [3.05, 3.63) is 34.9 Å². The van der Waals surface area contributed by atoms with Gasteiger partial charge in [-0.2, -0.15) is 0 Å². The van der Waals surface area contributed by atoms with Crippen molar-refractivity contribution < 1.29 is 9.84 Å². The lowest BCUT2D eigenvalue weighted by molar-refractivity contribution is -0.00377. The number of piperidine rings is 1. The number of halogens is 1. The Bertz CT molecular complexity index is 743. The van der Waals surface area contributed by atoms with Gasteiger partial charge in [-0.1, -0.05) is 11.6 Å². The Morgan fingerprint density at radius 2 is 2.20 bits per heavy atom. The second kappa shape index (κ2) is 6.78. The number of fused-ring (bicyclic) bond motifs is 1. The molecule has 132 valence electrons. The van der Waals surface area contributed by atoms with Crippen molar-refractivity contribution in [1.29, 1.82) is 0 Å². The number of hydrogen-bond acceptors (Lipinski definition) is 6. The molecule has 2 saturated heterocycles. The molecule has 0 unspecified atom stereocenters. The highest BCUT2D eigenvalue weighted by Gasteiger charge is 2.35. The summed E-state index contributed by atoms with van der Waals surface area (Å²) in [4.78, 5) is 2.27. The number of hydrogen-bond donors (Lipinski definition) is 2. The Morgan fingerprint density at radius 1 is 1.32 bits per heavy atom. The zero-order valence-corrected chi connectivity index (χ0v) is 14.8. The lowest BCUT2D eigenvalue weighted by Gasteiger charge is -2.44. The Balaban J connectivity index is 1.62.